The fraction of sp³-hybridized carbons (Fsp3) is 0.500. The van der Waals surface area contributed by atoms with Crippen LogP contribution in [-0.4, -0.2) is 27.2 Å². The van der Waals surface area contributed by atoms with Crippen LogP contribution >= 0.6 is 0 Å². The number of carbonyl (C=O) groups is 1. The number of rotatable bonds is 6. The van der Waals surface area contributed by atoms with E-state index in [4.69, 9.17) is 0 Å². The zero-order chi connectivity index (χ0) is 17.6. The average Bonchev–Trinajstić information content (AvgIpc) is 2.83. The number of fused-ring (bicyclic) bond motifs is 1. The second-order valence-corrected chi connectivity index (χ2v) is 6.34. The van der Waals surface area contributed by atoms with Gasteiger partial charge in [0, 0.05) is 32.4 Å². The van der Waals surface area contributed by atoms with Crippen LogP contribution in [0.25, 0.3) is 0 Å². The van der Waals surface area contributed by atoms with Gasteiger partial charge in [-0.25, -0.2) is 8.78 Å². The summed E-state index contributed by atoms with van der Waals surface area (Å²) in [5, 5.41) is 11.3. The molecule has 5 nitrogen and oxygen atoms in total. The molecule has 0 saturated carbocycles. The van der Waals surface area contributed by atoms with E-state index in [9.17, 15) is 13.6 Å². The summed E-state index contributed by atoms with van der Waals surface area (Å²) < 4.78 is 28.2. The van der Waals surface area contributed by atoms with Crippen molar-refractivity contribution in [3.8, 4) is 0 Å². The monoisotopic (exact) mass is 348 g/mol. The van der Waals surface area contributed by atoms with Crippen molar-refractivity contribution in [2.24, 2.45) is 0 Å². The molecule has 0 unspecified atom stereocenters. The van der Waals surface area contributed by atoms with E-state index in [-0.39, 0.29) is 12.3 Å². The molecule has 2 aromatic rings. The lowest BCUT2D eigenvalue weighted by Gasteiger charge is -2.08. The standard InChI is InChI=1S/C18H22F2N4O/c19-14-7-5-13(12-15(14)20)6-8-18(25)21-10-9-17-23-22-16-4-2-1-3-11-24(16)17/h5,7,12H,1-4,6,8-11H2,(H,21,25). The number of carbonyl (C=O) groups excluding carboxylic acids is 1. The van der Waals surface area contributed by atoms with Gasteiger partial charge in [0.25, 0.3) is 0 Å². The molecule has 1 aliphatic heterocycles. The highest BCUT2D eigenvalue weighted by Crippen LogP contribution is 2.14. The van der Waals surface area contributed by atoms with Crippen molar-refractivity contribution in [1.29, 1.82) is 0 Å². The first-order chi connectivity index (χ1) is 12.1. The van der Waals surface area contributed by atoms with E-state index in [1.165, 1.54) is 12.5 Å². The lowest BCUT2D eigenvalue weighted by Crippen LogP contribution is -2.26. The van der Waals surface area contributed by atoms with Crippen LogP contribution in [0.2, 0.25) is 0 Å². The fourth-order valence-electron chi connectivity index (χ4n) is 3.09. The number of hydrogen-bond acceptors (Lipinski definition) is 3. The summed E-state index contributed by atoms with van der Waals surface area (Å²) in [6.45, 7) is 1.44. The number of halogens is 2. The molecule has 3 rings (SSSR count). The SMILES string of the molecule is O=C(CCc1ccc(F)c(F)c1)NCCc1nnc2n1CCCCC2. The third-order valence-electron chi connectivity index (χ3n) is 4.48. The third kappa shape index (κ3) is 4.61. The van der Waals surface area contributed by atoms with E-state index in [1.54, 1.807) is 0 Å². The summed E-state index contributed by atoms with van der Waals surface area (Å²) in [5.74, 6) is 0.0846. The Bertz CT molecular complexity index is 745. The maximum absolute atomic E-state index is 13.1. The van der Waals surface area contributed by atoms with E-state index in [2.05, 4.69) is 20.1 Å². The molecule has 1 aromatic heterocycles. The predicted molar refractivity (Wildman–Crippen MR) is 89.0 cm³/mol. The van der Waals surface area contributed by atoms with Gasteiger partial charge in [-0.1, -0.05) is 12.5 Å². The number of benzene rings is 1. The molecule has 1 N–H and O–H groups in total. The predicted octanol–water partition coefficient (Wildman–Crippen LogP) is 2.57. The highest BCUT2D eigenvalue weighted by molar-refractivity contribution is 5.76. The van der Waals surface area contributed by atoms with Gasteiger partial charge in [-0.2, -0.15) is 0 Å². The van der Waals surface area contributed by atoms with Gasteiger partial charge in [0.05, 0.1) is 0 Å². The lowest BCUT2D eigenvalue weighted by atomic mass is 10.1. The average molecular weight is 348 g/mol. The molecule has 0 radical (unpaired) electrons. The van der Waals surface area contributed by atoms with Crippen molar-refractivity contribution >= 4 is 5.91 Å². The molecule has 1 aromatic carbocycles. The Hall–Kier alpha value is -2.31. The highest BCUT2D eigenvalue weighted by Gasteiger charge is 2.14. The van der Waals surface area contributed by atoms with Crippen LogP contribution < -0.4 is 5.32 Å². The third-order valence-corrected chi connectivity index (χ3v) is 4.48. The Kier molecular flexibility index (Phi) is 5.73. The Morgan fingerprint density at radius 2 is 2.00 bits per heavy atom. The van der Waals surface area contributed by atoms with Crippen molar-refractivity contribution < 1.29 is 13.6 Å². The summed E-state index contributed by atoms with van der Waals surface area (Å²) in [4.78, 5) is 11.9. The zero-order valence-corrected chi connectivity index (χ0v) is 14.1. The molecule has 0 bridgehead atoms. The maximum Gasteiger partial charge on any atom is 0.220 e. The van der Waals surface area contributed by atoms with Gasteiger partial charge in [0.1, 0.15) is 11.6 Å². The van der Waals surface area contributed by atoms with Crippen molar-refractivity contribution in [2.45, 2.75) is 51.5 Å². The van der Waals surface area contributed by atoms with Gasteiger partial charge in [-0.15, -0.1) is 10.2 Å². The summed E-state index contributed by atoms with van der Waals surface area (Å²) in [5.41, 5.74) is 0.608. The van der Waals surface area contributed by atoms with Crippen molar-refractivity contribution in [3.63, 3.8) is 0 Å². The molecule has 1 amide bonds. The van der Waals surface area contributed by atoms with Gasteiger partial charge in [0.15, 0.2) is 11.6 Å². The summed E-state index contributed by atoms with van der Waals surface area (Å²) >= 11 is 0. The minimum Gasteiger partial charge on any atom is -0.356 e. The topological polar surface area (TPSA) is 59.8 Å². The van der Waals surface area contributed by atoms with Gasteiger partial charge >= 0.3 is 0 Å². The summed E-state index contributed by atoms with van der Waals surface area (Å²) in [7, 11) is 0. The quantitative estimate of drug-likeness (QED) is 0.873. The molecule has 1 aliphatic rings. The molecule has 0 saturated heterocycles. The van der Waals surface area contributed by atoms with Crippen LogP contribution in [0.1, 0.15) is 42.9 Å². The Balaban J connectivity index is 1.43. The Morgan fingerprint density at radius 1 is 1.12 bits per heavy atom. The smallest absolute Gasteiger partial charge is 0.220 e. The van der Waals surface area contributed by atoms with Crippen LogP contribution in [0.4, 0.5) is 8.78 Å². The molecular weight excluding hydrogens is 326 g/mol. The minimum absolute atomic E-state index is 0.111. The van der Waals surface area contributed by atoms with Gasteiger partial charge in [-0.3, -0.25) is 4.79 Å². The van der Waals surface area contributed by atoms with Gasteiger partial charge in [0.2, 0.25) is 5.91 Å². The molecule has 7 heteroatoms. The van der Waals surface area contributed by atoms with Gasteiger partial charge < -0.3 is 9.88 Å². The fourth-order valence-corrected chi connectivity index (χ4v) is 3.09. The minimum atomic E-state index is -0.884. The van der Waals surface area contributed by atoms with E-state index in [1.807, 2.05) is 0 Å². The van der Waals surface area contributed by atoms with Gasteiger partial charge in [-0.05, 0) is 37.0 Å². The first kappa shape index (κ1) is 17.5. The van der Waals surface area contributed by atoms with Crippen molar-refractivity contribution in [2.75, 3.05) is 6.54 Å². The van der Waals surface area contributed by atoms with Crippen molar-refractivity contribution in [3.05, 3.63) is 47.0 Å². The maximum atomic E-state index is 13.1. The second kappa shape index (κ2) is 8.18. The normalized spacial score (nSPS) is 14.0. The van der Waals surface area contributed by atoms with Crippen molar-refractivity contribution in [1.82, 2.24) is 20.1 Å². The van der Waals surface area contributed by atoms with Crippen LogP contribution in [0.15, 0.2) is 18.2 Å². The first-order valence-electron chi connectivity index (χ1n) is 8.75. The molecule has 0 fully saturated rings. The number of aryl methyl sites for hydroxylation is 2. The molecule has 0 spiro atoms. The van der Waals surface area contributed by atoms with Crippen LogP contribution in [0, 0.1) is 11.6 Å². The Morgan fingerprint density at radius 3 is 2.84 bits per heavy atom. The molecule has 0 atom stereocenters. The van der Waals surface area contributed by atoms with Crippen LogP contribution in [-0.2, 0) is 30.6 Å². The molecule has 2 heterocycles. The van der Waals surface area contributed by atoms with Crippen LogP contribution in [0.3, 0.4) is 0 Å². The highest BCUT2D eigenvalue weighted by atomic mass is 19.2. The number of nitrogens with one attached hydrogen (secondary N) is 1. The summed E-state index contributed by atoms with van der Waals surface area (Å²) in [6.07, 6.45) is 5.73. The van der Waals surface area contributed by atoms with E-state index < -0.39 is 11.6 Å². The molecule has 134 valence electrons. The number of hydrogen-bond donors (Lipinski definition) is 1. The zero-order valence-electron chi connectivity index (χ0n) is 14.1. The summed E-state index contributed by atoms with van der Waals surface area (Å²) in [6, 6.07) is 3.71. The van der Waals surface area contributed by atoms with E-state index in [0.29, 0.717) is 24.9 Å². The van der Waals surface area contributed by atoms with E-state index >= 15 is 0 Å². The lowest BCUT2D eigenvalue weighted by molar-refractivity contribution is -0.121. The second-order valence-electron chi connectivity index (χ2n) is 6.34. The first-order valence-corrected chi connectivity index (χ1v) is 8.75. The molecule has 25 heavy (non-hydrogen) atoms. The molecular formula is C18H22F2N4O. The van der Waals surface area contributed by atoms with Crippen LogP contribution in [0.5, 0.6) is 0 Å². The number of nitrogens with zero attached hydrogens (tertiary/aromatic N) is 3. The largest absolute Gasteiger partial charge is 0.356 e. The number of aromatic nitrogens is 3. The van der Waals surface area contributed by atoms with E-state index in [0.717, 1.165) is 49.6 Å². The number of amides is 1. The molecule has 0 aliphatic carbocycles. The Labute approximate surface area is 145 Å².